The van der Waals surface area contributed by atoms with Gasteiger partial charge in [-0.1, -0.05) is 25.8 Å². The average Bonchev–Trinajstić information content (AvgIpc) is 2.72. The summed E-state index contributed by atoms with van der Waals surface area (Å²) in [4.78, 5) is 12.2. The highest BCUT2D eigenvalue weighted by atomic mass is 16.2. The van der Waals surface area contributed by atoms with Crippen molar-refractivity contribution in [1.82, 2.24) is 0 Å². The number of rotatable bonds is 2. The van der Waals surface area contributed by atoms with Crippen LogP contribution in [0.2, 0.25) is 0 Å². The Balaban J connectivity index is 2.15. The van der Waals surface area contributed by atoms with Gasteiger partial charge in [-0.2, -0.15) is 0 Å². The third kappa shape index (κ3) is 2.43. The molecule has 3 nitrogen and oxygen atoms in total. The molecule has 92 valence electrons. The van der Waals surface area contributed by atoms with Crippen molar-refractivity contribution in [2.75, 3.05) is 11.1 Å². The first kappa shape index (κ1) is 12.0. The topological polar surface area (TPSA) is 55.1 Å². The van der Waals surface area contributed by atoms with E-state index in [0.29, 0.717) is 5.69 Å². The number of carbonyl (C=O) groups excluding carboxylic acids is 1. The summed E-state index contributed by atoms with van der Waals surface area (Å²) >= 11 is 0. The van der Waals surface area contributed by atoms with Crippen LogP contribution in [0.15, 0.2) is 18.2 Å². The molecule has 1 aromatic carbocycles. The van der Waals surface area contributed by atoms with Gasteiger partial charge in [0.15, 0.2) is 0 Å². The molecule has 1 amide bonds. The summed E-state index contributed by atoms with van der Waals surface area (Å²) in [7, 11) is 0. The Morgan fingerprint density at radius 3 is 2.65 bits per heavy atom. The van der Waals surface area contributed by atoms with Crippen molar-refractivity contribution in [3.63, 3.8) is 0 Å². The lowest BCUT2D eigenvalue weighted by Crippen LogP contribution is -2.31. The highest BCUT2D eigenvalue weighted by molar-refractivity contribution is 5.96. The Morgan fingerprint density at radius 2 is 2.00 bits per heavy atom. The summed E-state index contributed by atoms with van der Waals surface area (Å²) in [6, 6.07) is 5.61. The summed E-state index contributed by atoms with van der Waals surface area (Å²) in [5, 5.41) is 3.01. The number of hydrogen-bond donors (Lipinski definition) is 2. The zero-order valence-electron chi connectivity index (χ0n) is 10.5. The highest BCUT2D eigenvalue weighted by Crippen LogP contribution is 2.38. The quantitative estimate of drug-likeness (QED) is 0.770. The lowest BCUT2D eigenvalue weighted by molar-refractivity contribution is -0.124. The molecule has 0 heterocycles. The third-order valence-corrected chi connectivity index (χ3v) is 3.77. The van der Waals surface area contributed by atoms with Crippen LogP contribution in [0, 0.1) is 12.3 Å². The van der Waals surface area contributed by atoms with E-state index in [0.717, 1.165) is 36.9 Å². The van der Waals surface area contributed by atoms with Gasteiger partial charge < -0.3 is 11.1 Å². The second-order valence-electron chi connectivity index (χ2n) is 5.30. The van der Waals surface area contributed by atoms with E-state index in [9.17, 15) is 4.79 Å². The van der Waals surface area contributed by atoms with Crippen LogP contribution in [0.1, 0.15) is 38.2 Å². The number of nitrogens with two attached hydrogens (primary N) is 1. The number of carbonyl (C=O) groups is 1. The van der Waals surface area contributed by atoms with Gasteiger partial charge in [0.2, 0.25) is 5.91 Å². The normalized spacial score (nSPS) is 18.0. The molecule has 17 heavy (non-hydrogen) atoms. The maximum atomic E-state index is 12.2. The van der Waals surface area contributed by atoms with E-state index >= 15 is 0 Å². The molecular formula is C14H20N2O. The second kappa shape index (κ2) is 4.40. The van der Waals surface area contributed by atoms with Gasteiger partial charge in [0.25, 0.3) is 0 Å². The summed E-state index contributed by atoms with van der Waals surface area (Å²) in [5.74, 6) is 0.128. The number of hydrogen-bond acceptors (Lipinski definition) is 2. The van der Waals surface area contributed by atoms with E-state index in [1.54, 1.807) is 0 Å². The minimum Gasteiger partial charge on any atom is -0.399 e. The molecule has 0 atom stereocenters. The van der Waals surface area contributed by atoms with Gasteiger partial charge in [-0.25, -0.2) is 0 Å². The van der Waals surface area contributed by atoms with Crippen molar-refractivity contribution in [1.29, 1.82) is 0 Å². The number of nitrogen functional groups attached to an aromatic ring is 1. The standard InChI is InChI=1S/C14H20N2O/c1-10-5-6-11(15)9-12(10)16-13(17)14(2)7-3-4-8-14/h5-6,9H,3-4,7-8,15H2,1-2H3,(H,16,17). The van der Waals surface area contributed by atoms with Crippen LogP contribution in [-0.2, 0) is 4.79 Å². The van der Waals surface area contributed by atoms with E-state index in [1.165, 1.54) is 0 Å². The number of amides is 1. The molecule has 0 unspecified atom stereocenters. The van der Waals surface area contributed by atoms with E-state index < -0.39 is 0 Å². The van der Waals surface area contributed by atoms with Crippen LogP contribution in [0.4, 0.5) is 11.4 Å². The van der Waals surface area contributed by atoms with Gasteiger partial charge in [0.05, 0.1) is 0 Å². The summed E-state index contributed by atoms with van der Waals surface area (Å²) in [5.41, 5.74) is 8.11. The molecule has 0 saturated heterocycles. The van der Waals surface area contributed by atoms with Gasteiger partial charge >= 0.3 is 0 Å². The fourth-order valence-corrected chi connectivity index (χ4v) is 2.43. The molecule has 0 aliphatic heterocycles. The maximum Gasteiger partial charge on any atom is 0.230 e. The number of benzene rings is 1. The van der Waals surface area contributed by atoms with Crippen molar-refractivity contribution in [3.8, 4) is 0 Å². The molecule has 3 N–H and O–H groups in total. The largest absolute Gasteiger partial charge is 0.399 e. The lowest BCUT2D eigenvalue weighted by Gasteiger charge is -2.23. The molecule has 1 fully saturated rings. The smallest absolute Gasteiger partial charge is 0.230 e. The summed E-state index contributed by atoms with van der Waals surface area (Å²) < 4.78 is 0. The molecule has 0 radical (unpaired) electrons. The van der Waals surface area contributed by atoms with Crippen molar-refractivity contribution in [3.05, 3.63) is 23.8 Å². The van der Waals surface area contributed by atoms with Crippen LogP contribution >= 0.6 is 0 Å². The van der Waals surface area contributed by atoms with Gasteiger partial charge in [0.1, 0.15) is 0 Å². The SMILES string of the molecule is Cc1ccc(N)cc1NC(=O)C1(C)CCCC1. The first-order chi connectivity index (χ1) is 8.01. The minimum absolute atomic E-state index is 0.128. The molecule has 1 saturated carbocycles. The zero-order chi connectivity index (χ0) is 12.5. The maximum absolute atomic E-state index is 12.2. The third-order valence-electron chi connectivity index (χ3n) is 3.77. The highest BCUT2D eigenvalue weighted by Gasteiger charge is 2.36. The molecule has 0 bridgehead atoms. The predicted molar refractivity (Wildman–Crippen MR) is 70.8 cm³/mol. The molecule has 0 aromatic heterocycles. The van der Waals surface area contributed by atoms with Crippen molar-refractivity contribution < 1.29 is 4.79 Å². The number of anilines is 2. The molecule has 3 heteroatoms. The van der Waals surface area contributed by atoms with E-state index in [-0.39, 0.29) is 11.3 Å². The monoisotopic (exact) mass is 232 g/mol. The Labute approximate surface area is 102 Å². The minimum atomic E-state index is -0.197. The first-order valence-electron chi connectivity index (χ1n) is 6.19. The first-order valence-corrected chi connectivity index (χ1v) is 6.19. The molecule has 1 aliphatic rings. The molecule has 0 spiro atoms. The van der Waals surface area contributed by atoms with E-state index in [1.807, 2.05) is 25.1 Å². The van der Waals surface area contributed by atoms with Crippen LogP contribution < -0.4 is 11.1 Å². The molecule has 1 aromatic rings. The van der Waals surface area contributed by atoms with Crippen LogP contribution in [0.5, 0.6) is 0 Å². The van der Waals surface area contributed by atoms with Crippen molar-refractivity contribution in [2.24, 2.45) is 5.41 Å². The fraction of sp³-hybridized carbons (Fsp3) is 0.500. The van der Waals surface area contributed by atoms with E-state index in [4.69, 9.17) is 5.73 Å². The van der Waals surface area contributed by atoms with Crippen LogP contribution in [0.3, 0.4) is 0 Å². The second-order valence-corrected chi connectivity index (χ2v) is 5.30. The lowest BCUT2D eigenvalue weighted by atomic mass is 9.87. The van der Waals surface area contributed by atoms with Gasteiger partial charge in [-0.15, -0.1) is 0 Å². The van der Waals surface area contributed by atoms with Crippen LogP contribution in [0.25, 0.3) is 0 Å². The Morgan fingerprint density at radius 1 is 1.35 bits per heavy atom. The van der Waals surface area contributed by atoms with Gasteiger partial charge in [-0.05, 0) is 37.5 Å². The Hall–Kier alpha value is -1.51. The summed E-state index contributed by atoms with van der Waals surface area (Å²) in [6.07, 6.45) is 4.28. The molecular weight excluding hydrogens is 212 g/mol. The van der Waals surface area contributed by atoms with Gasteiger partial charge in [-0.3, -0.25) is 4.79 Å². The average molecular weight is 232 g/mol. The molecule has 2 rings (SSSR count). The fourth-order valence-electron chi connectivity index (χ4n) is 2.43. The summed E-state index contributed by atoms with van der Waals surface area (Å²) in [6.45, 7) is 4.03. The van der Waals surface area contributed by atoms with Gasteiger partial charge in [0, 0.05) is 16.8 Å². The van der Waals surface area contributed by atoms with Crippen molar-refractivity contribution >= 4 is 17.3 Å². The van der Waals surface area contributed by atoms with Crippen molar-refractivity contribution in [2.45, 2.75) is 39.5 Å². The Kier molecular flexibility index (Phi) is 3.09. The zero-order valence-corrected chi connectivity index (χ0v) is 10.5. The predicted octanol–water partition coefficient (Wildman–Crippen LogP) is 3.10. The molecule has 1 aliphatic carbocycles. The van der Waals surface area contributed by atoms with E-state index in [2.05, 4.69) is 12.2 Å². The Bertz CT molecular complexity index is 434. The number of nitrogens with one attached hydrogen (secondary N) is 1. The van der Waals surface area contributed by atoms with Crippen LogP contribution in [-0.4, -0.2) is 5.91 Å². The number of aryl methyl sites for hydroxylation is 1.